The number of rotatable bonds is 1. The Bertz CT molecular complexity index is 669. The van der Waals surface area contributed by atoms with Gasteiger partial charge >= 0.3 is 0 Å². The molecule has 0 fully saturated rings. The molecule has 1 aliphatic rings. The molecule has 0 saturated carbocycles. The minimum absolute atomic E-state index is 0.769. The van der Waals surface area contributed by atoms with Crippen LogP contribution in [-0.4, -0.2) is 0 Å². The van der Waals surface area contributed by atoms with Gasteiger partial charge in [0.05, 0.1) is 0 Å². The standard InChI is InChI=1S/C17H14F2/c1-11-2-3-13-9-14(5-4-12(13)8-11)15-6-7-16(18)17(19)10-15/h2-3,6-10H,4-5H2,1H3. The third-order valence-corrected chi connectivity index (χ3v) is 3.58. The summed E-state index contributed by atoms with van der Waals surface area (Å²) >= 11 is 0. The van der Waals surface area contributed by atoms with Gasteiger partial charge in [-0.05, 0) is 54.2 Å². The summed E-state index contributed by atoms with van der Waals surface area (Å²) in [5, 5.41) is 0. The van der Waals surface area contributed by atoms with Crippen LogP contribution in [0.5, 0.6) is 0 Å². The lowest BCUT2D eigenvalue weighted by Crippen LogP contribution is -2.00. The molecule has 96 valence electrons. The Kier molecular flexibility index (Phi) is 2.94. The van der Waals surface area contributed by atoms with E-state index in [-0.39, 0.29) is 0 Å². The topological polar surface area (TPSA) is 0 Å². The first-order valence-electron chi connectivity index (χ1n) is 6.39. The summed E-state index contributed by atoms with van der Waals surface area (Å²) < 4.78 is 26.2. The van der Waals surface area contributed by atoms with Crippen LogP contribution in [0.3, 0.4) is 0 Å². The number of benzene rings is 2. The molecule has 0 radical (unpaired) electrons. The molecule has 0 saturated heterocycles. The molecule has 0 bridgehead atoms. The zero-order chi connectivity index (χ0) is 13.4. The van der Waals surface area contributed by atoms with E-state index in [2.05, 4.69) is 31.2 Å². The van der Waals surface area contributed by atoms with Crippen LogP contribution < -0.4 is 0 Å². The van der Waals surface area contributed by atoms with Gasteiger partial charge in [-0.25, -0.2) is 8.78 Å². The van der Waals surface area contributed by atoms with Crippen molar-refractivity contribution < 1.29 is 8.78 Å². The molecule has 2 aromatic rings. The van der Waals surface area contributed by atoms with E-state index in [0.717, 1.165) is 24.0 Å². The summed E-state index contributed by atoms with van der Waals surface area (Å²) in [4.78, 5) is 0. The number of fused-ring (bicyclic) bond motifs is 1. The molecule has 0 aliphatic heterocycles. The second-order valence-electron chi connectivity index (χ2n) is 5.00. The van der Waals surface area contributed by atoms with Crippen LogP contribution in [-0.2, 0) is 6.42 Å². The first kappa shape index (κ1) is 12.1. The first-order valence-corrected chi connectivity index (χ1v) is 6.39. The highest BCUT2D eigenvalue weighted by Gasteiger charge is 2.13. The van der Waals surface area contributed by atoms with Gasteiger partial charge in [0, 0.05) is 0 Å². The van der Waals surface area contributed by atoms with Gasteiger partial charge in [-0.3, -0.25) is 0 Å². The van der Waals surface area contributed by atoms with E-state index in [1.807, 2.05) is 0 Å². The molecule has 0 amide bonds. The minimum Gasteiger partial charge on any atom is -0.204 e. The van der Waals surface area contributed by atoms with E-state index in [1.54, 1.807) is 6.07 Å². The number of hydrogen-bond acceptors (Lipinski definition) is 0. The van der Waals surface area contributed by atoms with Crippen LogP contribution >= 0.6 is 0 Å². The molecule has 2 heteroatoms. The minimum atomic E-state index is -0.795. The summed E-state index contributed by atoms with van der Waals surface area (Å²) in [5.74, 6) is -1.58. The Balaban J connectivity index is 2.03. The molecular formula is C17H14F2. The normalized spacial score (nSPS) is 13.9. The smallest absolute Gasteiger partial charge is 0.159 e. The summed E-state index contributed by atoms with van der Waals surface area (Å²) in [5.41, 5.74) is 5.59. The van der Waals surface area contributed by atoms with Gasteiger partial charge in [0.1, 0.15) is 0 Å². The lowest BCUT2D eigenvalue weighted by molar-refractivity contribution is 0.508. The van der Waals surface area contributed by atoms with Crippen molar-refractivity contribution in [2.75, 3.05) is 0 Å². The molecule has 0 heterocycles. The second-order valence-corrected chi connectivity index (χ2v) is 5.00. The highest BCUT2D eigenvalue weighted by molar-refractivity contribution is 5.84. The fourth-order valence-corrected chi connectivity index (χ4v) is 2.54. The molecule has 0 unspecified atom stereocenters. The predicted molar refractivity (Wildman–Crippen MR) is 73.7 cm³/mol. The monoisotopic (exact) mass is 256 g/mol. The van der Waals surface area contributed by atoms with Crippen LogP contribution in [0, 0.1) is 18.6 Å². The molecule has 0 nitrogen and oxygen atoms in total. The van der Waals surface area contributed by atoms with E-state index in [1.165, 1.54) is 28.8 Å². The van der Waals surface area contributed by atoms with Crippen LogP contribution in [0.15, 0.2) is 36.4 Å². The molecule has 3 rings (SSSR count). The van der Waals surface area contributed by atoms with E-state index < -0.39 is 11.6 Å². The number of allylic oxidation sites excluding steroid dienone is 1. The van der Waals surface area contributed by atoms with Crippen molar-refractivity contribution in [3.05, 3.63) is 70.3 Å². The fourth-order valence-electron chi connectivity index (χ4n) is 2.54. The van der Waals surface area contributed by atoms with Crippen molar-refractivity contribution >= 4 is 11.6 Å². The Morgan fingerprint density at radius 2 is 1.74 bits per heavy atom. The van der Waals surface area contributed by atoms with Crippen LogP contribution in [0.2, 0.25) is 0 Å². The quantitative estimate of drug-likeness (QED) is 0.690. The van der Waals surface area contributed by atoms with Crippen molar-refractivity contribution in [1.29, 1.82) is 0 Å². The average molecular weight is 256 g/mol. The van der Waals surface area contributed by atoms with Gasteiger partial charge in [-0.2, -0.15) is 0 Å². The highest BCUT2D eigenvalue weighted by Crippen LogP contribution is 2.31. The predicted octanol–water partition coefficient (Wildman–Crippen LogP) is 4.76. The molecular weight excluding hydrogens is 242 g/mol. The number of hydrogen-bond donors (Lipinski definition) is 0. The van der Waals surface area contributed by atoms with Crippen LogP contribution in [0.4, 0.5) is 8.78 Å². The summed E-state index contributed by atoms with van der Waals surface area (Å²) in [6, 6.07) is 10.5. The molecule has 0 N–H and O–H groups in total. The van der Waals surface area contributed by atoms with Gasteiger partial charge in [-0.1, -0.05) is 35.9 Å². The highest BCUT2D eigenvalue weighted by atomic mass is 19.2. The largest absolute Gasteiger partial charge is 0.204 e. The third kappa shape index (κ3) is 2.30. The van der Waals surface area contributed by atoms with Gasteiger partial charge in [0.15, 0.2) is 11.6 Å². The number of aryl methyl sites for hydroxylation is 2. The summed E-state index contributed by atoms with van der Waals surface area (Å²) in [6.45, 7) is 2.08. The third-order valence-electron chi connectivity index (χ3n) is 3.58. The Morgan fingerprint density at radius 1 is 0.895 bits per heavy atom. The van der Waals surface area contributed by atoms with Crippen molar-refractivity contribution in [3.8, 4) is 0 Å². The van der Waals surface area contributed by atoms with Crippen LogP contribution in [0.1, 0.15) is 28.7 Å². The zero-order valence-electron chi connectivity index (χ0n) is 10.7. The van der Waals surface area contributed by atoms with Gasteiger partial charge in [0.25, 0.3) is 0 Å². The van der Waals surface area contributed by atoms with Crippen LogP contribution in [0.25, 0.3) is 11.6 Å². The first-order chi connectivity index (χ1) is 9.13. The van der Waals surface area contributed by atoms with Crippen molar-refractivity contribution in [1.82, 2.24) is 0 Å². The maximum atomic E-state index is 13.3. The lowest BCUT2D eigenvalue weighted by atomic mass is 9.88. The van der Waals surface area contributed by atoms with E-state index in [0.29, 0.717) is 0 Å². The maximum absolute atomic E-state index is 13.3. The molecule has 19 heavy (non-hydrogen) atoms. The van der Waals surface area contributed by atoms with Gasteiger partial charge < -0.3 is 0 Å². The Morgan fingerprint density at radius 3 is 2.53 bits per heavy atom. The second kappa shape index (κ2) is 4.61. The van der Waals surface area contributed by atoms with Gasteiger partial charge in [-0.15, -0.1) is 0 Å². The molecule has 0 atom stereocenters. The van der Waals surface area contributed by atoms with Crippen molar-refractivity contribution in [2.24, 2.45) is 0 Å². The van der Waals surface area contributed by atoms with Crippen molar-refractivity contribution in [2.45, 2.75) is 19.8 Å². The molecule has 0 aromatic heterocycles. The van der Waals surface area contributed by atoms with Gasteiger partial charge in [0.2, 0.25) is 0 Å². The maximum Gasteiger partial charge on any atom is 0.159 e. The summed E-state index contributed by atoms with van der Waals surface area (Å²) in [6.07, 6.45) is 3.88. The molecule has 1 aliphatic carbocycles. The zero-order valence-corrected chi connectivity index (χ0v) is 10.7. The molecule has 2 aromatic carbocycles. The fraction of sp³-hybridized carbons (Fsp3) is 0.176. The van der Waals surface area contributed by atoms with E-state index in [4.69, 9.17) is 0 Å². The summed E-state index contributed by atoms with van der Waals surface area (Å²) in [7, 11) is 0. The Labute approximate surface area is 111 Å². The number of halogens is 2. The Hall–Kier alpha value is -1.96. The molecule has 0 spiro atoms. The van der Waals surface area contributed by atoms with E-state index in [9.17, 15) is 8.78 Å². The van der Waals surface area contributed by atoms with Crippen molar-refractivity contribution in [3.63, 3.8) is 0 Å². The lowest BCUT2D eigenvalue weighted by Gasteiger charge is -2.17. The van der Waals surface area contributed by atoms with E-state index >= 15 is 0 Å². The SMILES string of the molecule is Cc1ccc2c(c1)CCC(c1ccc(F)c(F)c1)=C2. The average Bonchev–Trinajstić information content (AvgIpc) is 2.41.